The Bertz CT molecular complexity index is 741. The summed E-state index contributed by atoms with van der Waals surface area (Å²) in [5, 5.41) is 11.8. The van der Waals surface area contributed by atoms with Crippen molar-refractivity contribution in [1.82, 2.24) is 5.32 Å². The van der Waals surface area contributed by atoms with Crippen LogP contribution in [0.1, 0.15) is 17.2 Å². The van der Waals surface area contributed by atoms with E-state index in [2.05, 4.69) is 25.0 Å². The van der Waals surface area contributed by atoms with Crippen LogP contribution >= 0.6 is 0 Å². The Morgan fingerprint density at radius 1 is 1.04 bits per heavy atom. The minimum absolute atomic E-state index is 0.0714. The van der Waals surface area contributed by atoms with Gasteiger partial charge in [0, 0.05) is 0 Å². The third-order valence-electron chi connectivity index (χ3n) is 3.36. The summed E-state index contributed by atoms with van der Waals surface area (Å²) >= 11 is 0. The molecule has 138 valence electrons. The standard InChI is InChI=1S/C19H23NO5Si/c1-26(2,3)25-16-11-9-15(10-12-16)17(18(21)22)20-19(23)24-13-14-7-5-4-6-8-14/h4-12,17H,13H2,1-3H3,(H,20,23)(H,21,22)/t17-/m0/s1. The predicted molar refractivity (Wildman–Crippen MR) is 101 cm³/mol. The molecule has 2 aromatic rings. The van der Waals surface area contributed by atoms with Gasteiger partial charge in [0.2, 0.25) is 8.32 Å². The lowest BCUT2D eigenvalue weighted by Gasteiger charge is -2.20. The van der Waals surface area contributed by atoms with Crippen molar-refractivity contribution in [3.63, 3.8) is 0 Å². The molecule has 2 aromatic carbocycles. The largest absolute Gasteiger partial charge is 0.544 e. The zero-order valence-corrected chi connectivity index (χ0v) is 16.1. The molecule has 2 N–H and O–H groups in total. The molecule has 7 heteroatoms. The van der Waals surface area contributed by atoms with Crippen molar-refractivity contribution in [2.24, 2.45) is 0 Å². The number of nitrogens with one attached hydrogen (secondary N) is 1. The molecule has 0 heterocycles. The van der Waals surface area contributed by atoms with Crippen LogP contribution in [0, 0.1) is 0 Å². The van der Waals surface area contributed by atoms with Crippen molar-refractivity contribution in [3.8, 4) is 5.75 Å². The van der Waals surface area contributed by atoms with Gasteiger partial charge in [-0.3, -0.25) is 0 Å². The van der Waals surface area contributed by atoms with Gasteiger partial charge in [-0.05, 0) is 42.9 Å². The lowest BCUT2D eigenvalue weighted by Crippen LogP contribution is -2.34. The molecule has 0 unspecified atom stereocenters. The zero-order chi connectivity index (χ0) is 19.2. The number of carbonyl (C=O) groups is 2. The number of benzene rings is 2. The fourth-order valence-electron chi connectivity index (χ4n) is 2.25. The number of rotatable bonds is 7. The highest BCUT2D eigenvalue weighted by molar-refractivity contribution is 6.70. The van der Waals surface area contributed by atoms with E-state index in [-0.39, 0.29) is 6.61 Å². The molecule has 0 saturated heterocycles. The summed E-state index contributed by atoms with van der Waals surface area (Å²) in [6.07, 6.45) is -0.788. The molecule has 6 nitrogen and oxygen atoms in total. The number of aliphatic carboxylic acids is 1. The van der Waals surface area contributed by atoms with Crippen LogP contribution in [0.15, 0.2) is 54.6 Å². The second-order valence-corrected chi connectivity index (χ2v) is 11.2. The van der Waals surface area contributed by atoms with Crippen molar-refractivity contribution >= 4 is 20.4 Å². The summed E-state index contributed by atoms with van der Waals surface area (Å²) in [6.45, 7) is 6.25. The normalized spacial score (nSPS) is 12.1. The molecule has 2 rings (SSSR count). The number of amides is 1. The fourth-order valence-corrected chi connectivity index (χ4v) is 3.10. The number of alkyl carbamates (subject to hydrolysis) is 1. The average molecular weight is 373 g/mol. The van der Waals surface area contributed by atoms with E-state index in [9.17, 15) is 14.7 Å². The molecule has 26 heavy (non-hydrogen) atoms. The van der Waals surface area contributed by atoms with Crippen LogP contribution in [0.5, 0.6) is 5.75 Å². The average Bonchev–Trinajstić information content (AvgIpc) is 2.58. The highest BCUT2D eigenvalue weighted by Crippen LogP contribution is 2.21. The van der Waals surface area contributed by atoms with Gasteiger partial charge in [0.05, 0.1) is 0 Å². The Balaban J connectivity index is 1.99. The van der Waals surface area contributed by atoms with E-state index in [0.717, 1.165) is 5.56 Å². The van der Waals surface area contributed by atoms with E-state index < -0.39 is 26.4 Å². The van der Waals surface area contributed by atoms with Crippen molar-refractivity contribution < 1.29 is 23.9 Å². The SMILES string of the molecule is C[Si](C)(C)Oc1ccc([C@H](NC(=O)OCc2ccccc2)C(=O)O)cc1. The first-order chi connectivity index (χ1) is 12.2. The first kappa shape index (κ1) is 19.5. The molecule has 0 radical (unpaired) electrons. The number of hydrogen-bond donors (Lipinski definition) is 2. The van der Waals surface area contributed by atoms with E-state index in [0.29, 0.717) is 11.3 Å². The van der Waals surface area contributed by atoms with Gasteiger partial charge in [0.25, 0.3) is 0 Å². The summed E-state index contributed by atoms with van der Waals surface area (Å²) in [5.74, 6) is -0.482. The second kappa shape index (κ2) is 8.53. The molecule has 0 spiro atoms. The maximum atomic E-state index is 11.9. The third-order valence-corrected chi connectivity index (χ3v) is 4.21. The highest BCUT2D eigenvalue weighted by Gasteiger charge is 2.23. The van der Waals surface area contributed by atoms with Crippen LogP contribution in [0.4, 0.5) is 4.79 Å². The van der Waals surface area contributed by atoms with Gasteiger partial charge in [-0.25, -0.2) is 9.59 Å². The molecule has 0 fully saturated rings. The van der Waals surface area contributed by atoms with Crippen molar-refractivity contribution in [1.29, 1.82) is 0 Å². The summed E-state index contributed by atoms with van der Waals surface area (Å²) in [5.41, 5.74) is 1.26. The lowest BCUT2D eigenvalue weighted by molar-refractivity contribution is -0.139. The Morgan fingerprint density at radius 2 is 1.65 bits per heavy atom. The van der Waals surface area contributed by atoms with Crippen LogP contribution < -0.4 is 9.74 Å². The smallest absolute Gasteiger partial charge is 0.408 e. The summed E-state index contributed by atoms with van der Waals surface area (Å²) < 4.78 is 10.9. The van der Waals surface area contributed by atoms with Gasteiger partial charge in [0.1, 0.15) is 12.4 Å². The Labute approximate surface area is 153 Å². The van der Waals surface area contributed by atoms with Gasteiger partial charge >= 0.3 is 12.1 Å². The van der Waals surface area contributed by atoms with Crippen LogP contribution in [-0.4, -0.2) is 25.5 Å². The molecule has 0 bridgehead atoms. The van der Waals surface area contributed by atoms with E-state index >= 15 is 0 Å². The topological polar surface area (TPSA) is 84.9 Å². The van der Waals surface area contributed by atoms with Crippen molar-refractivity contribution in [2.75, 3.05) is 0 Å². The summed E-state index contributed by atoms with van der Waals surface area (Å²) in [7, 11) is -1.74. The van der Waals surface area contributed by atoms with E-state index in [1.807, 2.05) is 30.3 Å². The van der Waals surface area contributed by atoms with Crippen LogP contribution in [0.2, 0.25) is 19.6 Å². The molecule has 0 aliphatic heterocycles. The molecule has 1 amide bonds. The van der Waals surface area contributed by atoms with Gasteiger partial charge in [0.15, 0.2) is 6.04 Å². The van der Waals surface area contributed by atoms with Gasteiger partial charge in [-0.2, -0.15) is 0 Å². The fraction of sp³-hybridized carbons (Fsp3) is 0.263. The molecule has 0 aliphatic rings. The van der Waals surface area contributed by atoms with E-state index in [1.54, 1.807) is 24.3 Å². The number of carboxylic acid groups (broad SMARTS) is 1. The third kappa shape index (κ3) is 6.25. The highest BCUT2D eigenvalue weighted by atomic mass is 28.4. The zero-order valence-electron chi connectivity index (χ0n) is 15.1. The molecule has 1 atom stereocenters. The molecular formula is C19H23NO5Si. The summed E-state index contributed by atoms with van der Waals surface area (Å²) in [4.78, 5) is 23.5. The van der Waals surface area contributed by atoms with Crippen molar-refractivity contribution in [2.45, 2.75) is 32.3 Å². The van der Waals surface area contributed by atoms with Crippen LogP contribution in [-0.2, 0) is 16.1 Å². The van der Waals surface area contributed by atoms with E-state index in [1.165, 1.54) is 0 Å². The van der Waals surface area contributed by atoms with Gasteiger partial charge < -0.3 is 19.6 Å². The van der Waals surface area contributed by atoms with E-state index in [4.69, 9.17) is 9.16 Å². The summed E-state index contributed by atoms with van der Waals surface area (Å²) in [6, 6.07) is 14.6. The van der Waals surface area contributed by atoms with Gasteiger partial charge in [-0.1, -0.05) is 42.5 Å². The van der Waals surface area contributed by atoms with Crippen molar-refractivity contribution in [3.05, 3.63) is 65.7 Å². The lowest BCUT2D eigenvalue weighted by atomic mass is 10.1. The van der Waals surface area contributed by atoms with Crippen LogP contribution in [0.3, 0.4) is 0 Å². The first-order valence-electron chi connectivity index (χ1n) is 8.23. The maximum Gasteiger partial charge on any atom is 0.408 e. The van der Waals surface area contributed by atoms with Crippen LogP contribution in [0.25, 0.3) is 0 Å². The Hall–Kier alpha value is -2.80. The van der Waals surface area contributed by atoms with Gasteiger partial charge in [-0.15, -0.1) is 0 Å². The Morgan fingerprint density at radius 3 is 2.19 bits per heavy atom. The molecule has 0 saturated carbocycles. The Kier molecular flexibility index (Phi) is 6.40. The number of carboxylic acids is 1. The minimum Gasteiger partial charge on any atom is -0.544 e. The molecule has 0 aromatic heterocycles. The number of hydrogen-bond acceptors (Lipinski definition) is 4. The second-order valence-electron chi connectivity index (χ2n) is 6.76. The number of carbonyl (C=O) groups excluding carboxylic acids is 1. The predicted octanol–water partition coefficient (Wildman–Crippen LogP) is 3.95. The first-order valence-corrected chi connectivity index (χ1v) is 11.6. The molecular weight excluding hydrogens is 350 g/mol. The minimum atomic E-state index is -1.74. The number of ether oxygens (including phenoxy) is 1. The quantitative estimate of drug-likeness (QED) is 0.718. The monoisotopic (exact) mass is 373 g/mol. The maximum absolute atomic E-state index is 11.9. The molecule has 0 aliphatic carbocycles.